The van der Waals surface area contributed by atoms with E-state index in [2.05, 4.69) is 0 Å². The lowest BCUT2D eigenvalue weighted by Crippen LogP contribution is -2.48. The number of carbonyl (C=O) groups is 2. The molecule has 0 saturated carbocycles. The molecule has 0 bridgehead atoms. The number of halogens is 7. The molecule has 0 radical (unpaired) electrons. The summed E-state index contributed by atoms with van der Waals surface area (Å²) in [6.45, 7) is 2.97. The Balaban J connectivity index is 1.96. The van der Waals surface area contributed by atoms with Gasteiger partial charge in [-0.2, -0.15) is 26.3 Å². The highest BCUT2D eigenvalue weighted by Gasteiger charge is 2.41. The molecule has 1 unspecified atom stereocenters. The van der Waals surface area contributed by atoms with Crippen molar-refractivity contribution in [1.29, 1.82) is 0 Å². The van der Waals surface area contributed by atoms with Crippen molar-refractivity contribution in [2.24, 2.45) is 5.92 Å². The lowest BCUT2D eigenvalue weighted by Gasteiger charge is -2.41. The lowest BCUT2D eigenvalue weighted by atomic mass is 9.78. The van der Waals surface area contributed by atoms with Gasteiger partial charge < -0.3 is 9.80 Å². The van der Waals surface area contributed by atoms with E-state index < -0.39 is 68.8 Å². The van der Waals surface area contributed by atoms with E-state index in [1.54, 1.807) is 6.92 Å². The van der Waals surface area contributed by atoms with Crippen LogP contribution in [0, 0.1) is 18.7 Å². The molecule has 2 aromatic rings. The molecule has 0 aliphatic carbocycles. The summed E-state index contributed by atoms with van der Waals surface area (Å²) in [6, 6.07) is 3.87. The van der Waals surface area contributed by atoms with Crippen LogP contribution in [0.3, 0.4) is 0 Å². The molecule has 2 aromatic carbocycles. The highest BCUT2D eigenvalue weighted by atomic mass is 32.2. The second kappa shape index (κ2) is 12.2. The highest BCUT2D eigenvalue weighted by molar-refractivity contribution is 7.90. The average molecular weight is 625 g/mol. The second-order valence-corrected chi connectivity index (χ2v) is 12.9. The van der Waals surface area contributed by atoms with Crippen LogP contribution in [0.25, 0.3) is 0 Å². The third kappa shape index (κ3) is 8.01. The van der Waals surface area contributed by atoms with Gasteiger partial charge in [0.1, 0.15) is 15.7 Å². The smallest absolute Gasteiger partial charge is 0.342 e. The molecule has 6 nitrogen and oxygen atoms in total. The largest absolute Gasteiger partial charge is 0.416 e. The molecular weight excluding hydrogens is 593 g/mol. The molecule has 2 amide bonds. The van der Waals surface area contributed by atoms with Gasteiger partial charge in [-0.15, -0.1) is 0 Å². The van der Waals surface area contributed by atoms with Crippen LogP contribution in [-0.2, 0) is 31.8 Å². The van der Waals surface area contributed by atoms with Crippen LogP contribution in [0.2, 0.25) is 0 Å². The minimum absolute atomic E-state index is 0.0158. The zero-order valence-corrected chi connectivity index (χ0v) is 24.1. The second-order valence-electron chi connectivity index (χ2n) is 10.7. The normalized spacial score (nSPS) is 19.0. The van der Waals surface area contributed by atoms with Crippen LogP contribution in [-0.4, -0.2) is 62.2 Å². The third-order valence-electron chi connectivity index (χ3n) is 7.62. The van der Waals surface area contributed by atoms with E-state index in [0.717, 1.165) is 11.2 Å². The van der Waals surface area contributed by atoms with Crippen LogP contribution in [0.15, 0.2) is 36.4 Å². The first-order chi connectivity index (χ1) is 19.2. The summed E-state index contributed by atoms with van der Waals surface area (Å²) in [4.78, 5) is 29.1. The van der Waals surface area contributed by atoms with Gasteiger partial charge >= 0.3 is 12.4 Å². The van der Waals surface area contributed by atoms with Gasteiger partial charge in [0.05, 0.1) is 22.9 Å². The zero-order valence-electron chi connectivity index (χ0n) is 23.3. The third-order valence-corrected chi connectivity index (χ3v) is 8.57. The molecule has 232 valence electrons. The zero-order chi connectivity index (χ0) is 31.8. The number of sulfone groups is 1. The van der Waals surface area contributed by atoms with Gasteiger partial charge in [0.2, 0.25) is 11.8 Å². The predicted octanol–water partition coefficient (Wildman–Crippen LogP) is 5.76. The van der Waals surface area contributed by atoms with E-state index in [4.69, 9.17) is 0 Å². The minimum Gasteiger partial charge on any atom is -0.342 e. The maximum absolute atomic E-state index is 13.9. The van der Waals surface area contributed by atoms with E-state index >= 15 is 0 Å². The maximum Gasteiger partial charge on any atom is 0.416 e. The van der Waals surface area contributed by atoms with Gasteiger partial charge in [-0.05, 0) is 67.3 Å². The number of nitrogens with zero attached hydrogens (tertiary/aromatic N) is 2. The number of rotatable bonds is 7. The molecule has 3 rings (SSSR count). The van der Waals surface area contributed by atoms with Crippen molar-refractivity contribution in [3.05, 3.63) is 70.0 Å². The number of hydrogen-bond donors (Lipinski definition) is 0. The number of carbonyl (C=O) groups excluding carboxylic acids is 2. The molecule has 0 spiro atoms. The summed E-state index contributed by atoms with van der Waals surface area (Å²) in [5.41, 5.74) is -2.35. The molecule has 1 aliphatic heterocycles. The molecule has 1 heterocycles. The van der Waals surface area contributed by atoms with Crippen LogP contribution < -0.4 is 0 Å². The first-order valence-corrected chi connectivity index (χ1v) is 15.0. The Bertz CT molecular complexity index is 1410. The summed E-state index contributed by atoms with van der Waals surface area (Å²) in [5, 5.41) is 0. The summed E-state index contributed by atoms with van der Waals surface area (Å²) >= 11 is 0. The molecule has 14 heteroatoms. The molecule has 3 atom stereocenters. The summed E-state index contributed by atoms with van der Waals surface area (Å²) in [6.07, 6.45) is -9.31. The maximum atomic E-state index is 13.9. The summed E-state index contributed by atoms with van der Waals surface area (Å²) in [7, 11) is -2.15. The molecule has 0 aromatic heterocycles. The van der Waals surface area contributed by atoms with Crippen molar-refractivity contribution in [1.82, 2.24) is 9.80 Å². The van der Waals surface area contributed by atoms with Gasteiger partial charge in [-0.3, -0.25) is 9.59 Å². The quantitative estimate of drug-likeness (QED) is 0.368. The van der Waals surface area contributed by atoms with Gasteiger partial charge in [-0.1, -0.05) is 6.07 Å². The van der Waals surface area contributed by atoms with Crippen molar-refractivity contribution in [2.45, 2.75) is 51.0 Å². The Morgan fingerprint density at radius 3 is 2.10 bits per heavy atom. The molecule has 1 fully saturated rings. The number of benzene rings is 2. The number of piperidine rings is 1. The monoisotopic (exact) mass is 624 g/mol. The van der Waals surface area contributed by atoms with Gasteiger partial charge in [0.25, 0.3) is 0 Å². The van der Waals surface area contributed by atoms with E-state index in [1.165, 1.54) is 37.1 Å². The predicted molar refractivity (Wildman–Crippen MR) is 141 cm³/mol. The highest BCUT2D eigenvalue weighted by Crippen LogP contribution is 2.40. The number of hydrogen-bond acceptors (Lipinski definition) is 4. The Morgan fingerprint density at radius 1 is 1.02 bits per heavy atom. The van der Waals surface area contributed by atoms with Gasteiger partial charge in [0.15, 0.2) is 0 Å². The fourth-order valence-electron chi connectivity index (χ4n) is 5.17. The molecular formula is C28H31F7N2O4S. The minimum atomic E-state index is -5.06. The number of amides is 2. The number of aryl methyl sites for hydroxylation is 1. The molecule has 42 heavy (non-hydrogen) atoms. The van der Waals surface area contributed by atoms with E-state index in [1.807, 2.05) is 0 Å². The van der Waals surface area contributed by atoms with Crippen LogP contribution >= 0.6 is 0 Å². The van der Waals surface area contributed by atoms with Crippen molar-refractivity contribution < 1.29 is 48.7 Å². The topological polar surface area (TPSA) is 74.8 Å². The van der Waals surface area contributed by atoms with Crippen LogP contribution in [0.5, 0.6) is 0 Å². The molecule has 1 aliphatic rings. The van der Waals surface area contributed by atoms with Crippen LogP contribution in [0.4, 0.5) is 30.7 Å². The van der Waals surface area contributed by atoms with Gasteiger partial charge in [-0.25, -0.2) is 12.8 Å². The van der Waals surface area contributed by atoms with Crippen molar-refractivity contribution >= 4 is 21.7 Å². The Labute approximate surface area is 239 Å². The van der Waals surface area contributed by atoms with Crippen molar-refractivity contribution in [2.75, 3.05) is 32.1 Å². The Kier molecular flexibility index (Phi) is 9.70. The lowest BCUT2D eigenvalue weighted by molar-refractivity contribution is -0.143. The van der Waals surface area contributed by atoms with Gasteiger partial charge in [0, 0.05) is 44.6 Å². The SMILES string of the molecule is Cc1cc(F)ccc1C1CN(C(=O)CCS(C)(=O)=O)CC[C@@H]1C(=O)N(C)[C@@H](C)c1cc(C(F)(F)F)cc(C(F)(F)F)c1. The van der Waals surface area contributed by atoms with Crippen LogP contribution in [0.1, 0.15) is 59.5 Å². The first kappa shape index (κ1) is 33.3. The standard InChI is InChI=1S/C28H31F7N2O4S/c1-16-11-21(29)5-6-22(16)24-15-37(25(38)8-10-42(4,40)41)9-7-23(24)26(39)36(3)17(2)18-12-19(27(30,31)32)14-20(13-18)28(33,34)35/h5-6,11-14,17,23-24H,7-10,15H2,1-4H3/t17-,23-,24?/m0/s1. The first-order valence-electron chi connectivity index (χ1n) is 13.0. The van der Waals surface area contributed by atoms with E-state index in [0.29, 0.717) is 23.3 Å². The summed E-state index contributed by atoms with van der Waals surface area (Å²) < 4.78 is 118. The van der Waals surface area contributed by atoms with Crippen molar-refractivity contribution in [3.8, 4) is 0 Å². The Hall–Kier alpha value is -3.16. The average Bonchev–Trinajstić information content (AvgIpc) is 2.88. The molecule has 1 saturated heterocycles. The fraction of sp³-hybridized carbons (Fsp3) is 0.500. The fourth-order valence-corrected chi connectivity index (χ4v) is 5.72. The van der Waals surface area contributed by atoms with E-state index in [9.17, 15) is 48.7 Å². The van der Waals surface area contributed by atoms with Crippen molar-refractivity contribution in [3.63, 3.8) is 0 Å². The number of likely N-dealkylation sites (tertiary alicyclic amines) is 1. The van der Waals surface area contributed by atoms with E-state index in [-0.39, 0.29) is 43.3 Å². The Morgan fingerprint density at radius 2 is 1.60 bits per heavy atom. The summed E-state index contributed by atoms with van der Waals surface area (Å²) in [5.74, 6) is -3.50. The number of alkyl halides is 6. The molecule has 0 N–H and O–H groups in total.